The lowest BCUT2D eigenvalue weighted by atomic mass is 10.2. The van der Waals surface area contributed by atoms with Crippen molar-refractivity contribution >= 4 is 12.0 Å². The van der Waals surface area contributed by atoms with Crippen molar-refractivity contribution in [1.29, 1.82) is 0 Å². The van der Waals surface area contributed by atoms with Crippen LogP contribution in [0.15, 0.2) is 12.4 Å². The molecule has 1 atom stereocenters. The van der Waals surface area contributed by atoms with Gasteiger partial charge in [0, 0.05) is 12.4 Å². The normalized spacial score (nSPS) is 11.4. The van der Waals surface area contributed by atoms with Crippen LogP contribution in [0.25, 0.3) is 0 Å². The first-order chi connectivity index (χ1) is 9.08. The van der Waals surface area contributed by atoms with Crippen LogP contribution in [-0.2, 0) is 4.79 Å². The molecule has 19 heavy (non-hydrogen) atoms. The van der Waals surface area contributed by atoms with Crippen molar-refractivity contribution in [2.45, 2.75) is 19.4 Å². The number of carboxylic acid groups (broad SMARTS) is 1. The van der Waals surface area contributed by atoms with Crippen molar-refractivity contribution in [3.8, 4) is 12.3 Å². The molecule has 0 bridgehead atoms. The van der Waals surface area contributed by atoms with E-state index in [9.17, 15) is 9.59 Å². The molecule has 0 saturated carbocycles. The molecule has 1 rings (SSSR count). The summed E-state index contributed by atoms with van der Waals surface area (Å²) in [7, 11) is 0. The third-order valence-electron chi connectivity index (χ3n) is 2.45. The van der Waals surface area contributed by atoms with Crippen molar-refractivity contribution in [3.63, 3.8) is 0 Å². The Hall–Kier alpha value is -2.49. The predicted octanol–water partition coefficient (Wildman–Crippen LogP) is 0.590. The summed E-state index contributed by atoms with van der Waals surface area (Å²) in [6.45, 7) is 1.38. The monoisotopic (exact) mass is 264 g/mol. The highest BCUT2D eigenvalue weighted by molar-refractivity contribution is 5.80. The zero-order valence-electron chi connectivity index (χ0n) is 10.6. The predicted molar refractivity (Wildman–Crippen MR) is 68.2 cm³/mol. The van der Waals surface area contributed by atoms with E-state index in [4.69, 9.17) is 11.5 Å². The third kappa shape index (κ3) is 4.35. The number of imidazole rings is 1. The molecule has 1 heterocycles. The Morgan fingerprint density at radius 3 is 2.89 bits per heavy atom. The molecule has 1 aromatic rings. The molecule has 0 aliphatic carbocycles. The lowest BCUT2D eigenvalue weighted by molar-refractivity contribution is -0.137. The van der Waals surface area contributed by atoms with E-state index in [1.165, 1.54) is 0 Å². The Morgan fingerprint density at radius 1 is 1.68 bits per heavy atom. The SMILES string of the molecule is C#CCN(CC(=O)O)C(=O)NC(CC)c1ncc[nH]1. The van der Waals surface area contributed by atoms with Crippen molar-refractivity contribution in [3.05, 3.63) is 18.2 Å². The number of nitrogens with zero attached hydrogens (tertiary/aromatic N) is 2. The number of aromatic nitrogens is 2. The van der Waals surface area contributed by atoms with Gasteiger partial charge >= 0.3 is 12.0 Å². The van der Waals surface area contributed by atoms with E-state index in [1.807, 2.05) is 6.92 Å². The summed E-state index contributed by atoms with van der Waals surface area (Å²) < 4.78 is 0. The number of urea groups is 1. The minimum atomic E-state index is -1.11. The Kier molecular flexibility index (Phi) is 5.41. The van der Waals surface area contributed by atoms with Crippen LogP contribution >= 0.6 is 0 Å². The zero-order valence-corrected chi connectivity index (χ0v) is 10.6. The number of hydrogen-bond donors (Lipinski definition) is 3. The van der Waals surface area contributed by atoms with Gasteiger partial charge in [0.1, 0.15) is 12.4 Å². The number of carbonyl (C=O) groups is 2. The summed E-state index contributed by atoms with van der Waals surface area (Å²) in [5.41, 5.74) is 0. The third-order valence-corrected chi connectivity index (χ3v) is 2.45. The number of H-pyrrole nitrogens is 1. The van der Waals surface area contributed by atoms with E-state index in [-0.39, 0.29) is 12.6 Å². The average Bonchev–Trinajstić information content (AvgIpc) is 2.88. The Labute approximate surface area is 111 Å². The van der Waals surface area contributed by atoms with Gasteiger partial charge in [0.05, 0.1) is 12.6 Å². The highest BCUT2D eigenvalue weighted by Gasteiger charge is 2.20. The van der Waals surface area contributed by atoms with Gasteiger partial charge in [-0.3, -0.25) is 4.79 Å². The summed E-state index contributed by atoms with van der Waals surface area (Å²) in [6.07, 6.45) is 8.98. The van der Waals surface area contributed by atoms with Crippen LogP contribution in [0.3, 0.4) is 0 Å². The van der Waals surface area contributed by atoms with Gasteiger partial charge in [-0.05, 0) is 6.42 Å². The van der Waals surface area contributed by atoms with Gasteiger partial charge < -0.3 is 20.3 Å². The molecule has 0 radical (unpaired) electrons. The zero-order chi connectivity index (χ0) is 14.3. The molecule has 1 aromatic heterocycles. The van der Waals surface area contributed by atoms with Crippen molar-refractivity contribution in [2.24, 2.45) is 0 Å². The minimum Gasteiger partial charge on any atom is -0.480 e. The van der Waals surface area contributed by atoms with Crippen LogP contribution in [0.1, 0.15) is 25.2 Å². The molecule has 0 aliphatic rings. The summed E-state index contributed by atoms with van der Waals surface area (Å²) in [5, 5.41) is 11.4. The molecule has 3 N–H and O–H groups in total. The van der Waals surface area contributed by atoms with Crippen molar-refractivity contribution in [2.75, 3.05) is 13.1 Å². The molecule has 102 valence electrons. The van der Waals surface area contributed by atoms with Crippen LogP contribution in [0, 0.1) is 12.3 Å². The standard InChI is InChI=1S/C12H16N4O3/c1-3-7-16(8-10(17)18)12(19)15-9(4-2)11-13-5-6-14-11/h1,5-6,9H,4,7-8H2,2H3,(H,13,14)(H,15,19)(H,17,18). The van der Waals surface area contributed by atoms with E-state index in [0.717, 1.165) is 4.90 Å². The first-order valence-electron chi connectivity index (χ1n) is 5.78. The van der Waals surface area contributed by atoms with E-state index >= 15 is 0 Å². The minimum absolute atomic E-state index is 0.0628. The van der Waals surface area contributed by atoms with E-state index in [1.54, 1.807) is 12.4 Å². The van der Waals surface area contributed by atoms with Crippen LogP contribution in [0.2, 0.25) is 0 Å². The van der Waals surface area contributed by atoms with Crippen LogP contribution in [0.4, 0.5) is 4.79 Å². The summed E-state index contributed by atoms with van der Waals surface area (Å²) in [5.74, 6) is 1.76. The van der Waals surface area contributed by atoms with Crippen LogP contribution in [0.5, 0.6) is 0 Å². The number of nitrogens with one attached hydrogen (secondary N) is 2. The summed E-state index contributed by atoms with van der Waals surface area (Å²) >= 11 is 0. The maximum absolute atomic E-state index is 11.9. The van der Waals surface area contributed by atoms with Crippen LogP contribution < -0.4 is 5.32 Å². The Bertz CT molecular complexity index is 464. The fourth-order valence-corrected chi connectivity index (χ4v) is 1.55. The molecule has 0 saturated heterocycles. The molecule has 0 aliphatic heterocycles. The van der Waals surface area contributed by atoms with E-state index in [0.29, 0.717) is 12.2 Å². The smallest absolute Gasteiger partial charge is 0.323 e. The number of aliphatic carboxylic acids is 1. The van der Waals surface area contributed by atoms with Gasteiger partial charge in [-0.2, -0.15) is 0 Å². The van der Waals surface area contributed by atoms with Crippen LogP contribution in [-0.4, -0.2) is 45.1 Å². The Balaban J connectivity index is 2.69. The molecular weight excluding hydrogens is 248 g/mol. The second-order valence-corrected chi connectivity index (χ2v) is 3.84. The lowest BCUT2D eigenvalue weighted by Gasteiger charge is -2.22. The van der Waals surface area contributed by atoms with Crippen molar-refractivity contribution in [1.82, 2.24) is 20.2 Å². The first-order valence-corrected chi connectivity index (χ1v) is 5.78. The molecule has 2 amide bonds. The molecule has 0 fully saturated rings. The quantitative estimate of drug-likeness (QED) is 0.655. The second-order valence-electron chi connectivity index (χ2n) is 3.84. The van der Waals surface area contributed by atoms with Gasteiger partial charge in [0.25, 0.3) is 0 Å². The maximum atomic E-state index is 11.9. The average molecular weight is 264 g/mol. The highest BCUT2D eigenvalue weighted by atomic mass is 16.4. The van der Waals surface area contributed by atoms with Gasteiger partial charge in [-0.25, -0.2) is 9.78 Å². The number of terminal acetylenes is 1. The molecular formula is C12H16N4O3. The molecule has 1 unspecified atom stereocenters. The highest BCUT2D eigenvalue weighted by Crippen LogP contribution is 2.11. The number of amides is 2. The van der Waals surface area contributed by atoms with Gasteiger partial charge in [-0.15, -0.1) is 6.42 Å². The number of rotatable bonds is 6. The number of hydrogen-bond acceptors (Lipinski definition) is 3. The Morgan fingerprint density at radius 2 is 2.42 bits per heavy atom. The van der Waals surface area contributed by atoms with Gasteiger partial charge in [0.2, 0.25) is 0 Å². The maximum Gasteiger partial charge on any atom is 0.323 e. The molecule has 7 nitrogen and oxygen atoms in total. The molecule has 7 heteroatoms. The number of aromatic amines is 1. The number of carbonyl (C=O) groups excluding carboxylic acids is 1. The fourth-order valence-electron chi connectivity index (χ4n) is 1.55. The van der Waals surface area contributed by atoms with E-state index < -0.39 is 18.5 Å². The lowest BCUT2D eigenvalue weighted by Crippen LogP contribution is -2.44. The van der Waals surface area contributed by atoms with E-state index in [2.05, 4.69) is 21.2 Å². The second kappa shape index (κ2) is 7.06. The first kappa shape index (κ1) is 14.6. The number of carboxylic acids is 1. The largest absolute Gasteiger partial charge is 0.480 e. The summed E-state index contributed by atoms with van der Waals surface area (Å²) in [6, 6.07) is -0.833. The van der Waals surface area contributed by atoms with Gasteiger partial charge in [-0.1, -0.05) is 12.8 Å². The fraction of sp³-hybridized carbons (Fsp3) is 0.417. The van der Waals surface area contributed by atoms with Gasteiger partial charge in [0.15, 0.2) is 0 Å². The molecule has 0 aromatic carbocycles. The topological polar surface area (TPSA) is 98.3 Å². The van der Waals surface area contributed by atoms with Crippen molar-refractivity contribution < 1.29 is 14.7 Å². The molecule has 0 spiro atoms. The summed E-state index contributed by atoms with van der Waals surface area (Å²) in [4.78, 5) is 30.6.